The molecule has 7 heavy (non-hydrogen) atoms. The van der Waals surface area contributed by atoms with Crippen LogP contribution in [0.15, 0.2) is 18.2 Å². The van der Waals surface area contributed by atoms with Crippen molar-refractivity contribution in [1.29, 1.82) is 0 Å². The van der Waals surface area contributed by atoms with E-state index in [2.05, 4.69) is 12.1 Å². The molecule has 1 heteroatoms. The molecule has 0 aliphatic heterocycles. The Hall–Kier alpha value is -0.850. The Morgan fingerprint density at radius 1 is 1.57 bits per heavy atom. The summed E-state index contributed by atoms with van der Waals surface area (Å²) in [5.74, 6) is -0.334. The molecule has 0 atom stereocenters. The van der Waals surface area contributed by atoms with Gasteiger partial charge >= 0.3 is 0 Å². The van der Waals surface area contributed by atoms with Gasteiger partial charge in [0.1, 0.15) is 5.82 Å². The van der Waals surface area contributed by atoms with Crippen molar-refractivity contribution in [3.63, 3.8) is 0 Å². The van der Waals surface area contributed by atoms with Crippen LogP contribution in [0, 0.1) is 17.9 Å². The lowest BCUT2D eigenvalue weighted by molar-refractivity contribution is 0.625. The van der Waals surface area contributed by atoms with Gasteiger partial charge in [-0.3, -0.25) is 0 Å². The maximum atomic E-state index is 11.8. The molecule has 0 amide bonds. The van der Waals surface area contributed by atoms with Gasteiger partial charge in [-0.1, -0.05) is 6.07 Å². The second kappa shape index (κ2) is 1.73. The predicted octanol–water partition coefficient (Wildman–Crippen LogP) is 1.43. The third-order valence-electron chi connectivity index (χ3n) is 0.619. The molecule has 1 rings (SSSR count). The van der Waals surface area contributed by atoms with Crippen molar-refractivity contribution in [3.05, 3.63) is 36.1 Å². The SMILES string of the molecule is Fc1[c]c[c]cc1. The molecule has 0 fully saturated rings. The smallest absolute Gasteiger partial charge is 0.131 e. The molecule has 0 nitrogen and oxygen atoms in total. The second-order valence-electron chi connectivity index (χ2n) is 1.14. The number of hydrogen-bond acceptors (Lipinski definition) is 0. The Labute approximate surface area is 41.6 Å². The van der Waals surface area contributed by atoms with Gasteiger partial charge in [-0.25, -0.2) is 4.39 Å². The minimum absolute atomic E-state index is 0.334. The highest BCUT2D eigenvalue weighted by atomic mass is 19.1. The van der Waals surface area contributed by atoms with Gasteiger partial charge < -0.3 is 0 Å². The van der Waals surface area contributed by atoms with Gasteiger partial charge in [-0.2, -0.15) is 0 Å². The molecule has 0 aliphatic carbocycles. The zero-order valence-electron chi connectivity index (χ0n) is 3.61. The first kappa shape index (κ1) is 4.31. The van der Waals surface area contributed by atoms with E-state index >= 15 is 0 Å². The van der Waals surface area contributed by atoms with E-state index in [0.29, 0.717) is 0 Å². The number of benzene rings is 1. The molecule has 2 radical (unpaired) electrons. The third kappa shape index (κ3) is 1.000. The van der Waals surface area contributed by atoms with Crippen LogP contribution >= 0.6 is 0 Å². The predicted molar refractivity (Wildman–Crippen MR) is 24.1 cm³/mol. The van der Waals surface area contributed by atoms with Gasteiger partial charge in [0.05, 0.1) is 0 Å². The Bertz CT molecular complexity index is 134. The molecule has 0 saturated heterocycles. The monoisotopic (exact) mass is 94.0 g/mol. The molecule has 0 unspecified atom stereocenters. The molecule has 0 heterocycles. The van der Waals surface area contributed by atoms with E-state index < -0.39 is 0 Å². The van der Waals surface area contributed by atoms with Crippen LogP contribution < -0.4 is 0 Å². The molecular weight excluding hydrogens is 91.1 g/mol. The fourth-order valence-electron chi connectivity index (χ4n) is 0.328. The third-order valence-corrected chi connectivity index (χ3v) is 0.619. The lowest BCUT2D eigenvalue weighted by Crippen LogP contribution is -1.65. The van der Waals surface area contributed by atoms with Crippen LogP contribution in [0.4, 0.5) is 4.39 Å². The highest BCUT2D eigenvalue weighted by Gasteiger charge is 1.78. The van der Waals surface area contributed by atoms with Crippen molar-refractivity contribution < 1.29 is 4.39 Å². The zero-order chi connectivity index (χ0) is 5.11. The molecule has 34 valence electrons. The van der Waals surface area contributed by atoms with E-state index in [0.717, 1.165) is 0 Å². The first-order valence-corrected chi connectivity index (χ1v) is 1.93. The highest BCUT2D eigenvalue weighted by molar-refractivity contribution is 4.98. The van der Waals surface area contributed by atoms with E-state index in [1.54, 1.807) is 0 Å². The van der Waals surface area contributed by atoms with Crippen molar-refractivity contribution >= 4 is 0 Å². The van der Waals surface area contributed by atoms with Crippen LogP contribution in [-0.2, 0) is 0 Å². The molecule has 0 spiro atoms. The van der Waals surface area contributed by atoms with Crippen LogP contribution in [0.3, 0.4) is 0 Å². The maximum Gasteiger partial charge on any atom is 0.131 e. The largest absolute Gasteiger partial charge is 0.206 e. The lowest BCUT2D eigenvalue weighted by atomic mass is 10.4. The Morgan fingerprint density at radius 2 is 2.43 bits per heavy atom. The molecule has 0 N–H and O–H groups in total. The van der Waals surface area contributed by atoms with Crippen molar-refractivity contribution in [3.8, 4) is 0 Å². The summed E-state index contributed by atoms with van der Waals surface area (Å²) in [4.78, 5) is 0. The molecule has 0 aliphatic rings. The van der Waals surface area contributed by atoms with Crippen LogP contribution in [0.25, 0.3) is 0 Å². The zero-order valence-corrected chi connectivity index (χ0v) is 3.61. The van der Waals surface area contributed by atoms with Crippen LogP contribution in [-0.4, -0.2) is 0 Å². The van der Waals surface area contributed by atoms with E-state index in [1.165, 1.54) is 18.2 Å². The summed E-state index contributed by atoms with van der Waals surface area (Å²) < 4.78 is 11.8. The van der Waals surface area contributed by atoms with Gasteiger partial charge in [0.25, 0.3) is 0 Å². The van der Waals surface area contributed by atoms with Crippen LogP contribution in [0.1, 0.15) is 0 Å². The summed E-state index contributed by atoms with van der Waals surface area (Å²) >= 11 is 0. The molecule has 0 bridgehead atoms. The van der Waals surface area contributed by atoms with E-state index in [9.17, 15) is 4.39 Å². The highest BCUT2D eigenvalue weighted by Crippen LogP contribution is 1.89. The molecular formula is C6H3F. The minimum Gasteiger partial charge on any atom is -0.206 e. The first-order chi connectivity index (χ1) is 3.39. The Balaban J connectivity index is 3.02. The second-order valence-corrected chi connectivity index (χ2v) is 1.14. The van der Waals surface area contributed by atoms with Gasteiger partial charge in [-0.05, 0) is 18.2 Å². The summed E-state index contributed by atoms with van der Waals surface area (Å²) in [5, 5.41) is 0. The minimum atomic E-state index is -0.334. The van der Waals surface area contributed by atoms with Gasteiger partial charge in [-0.15, -0.1) is 0 Å². The van der Waals surface area contributed by atoms with Crippen molar-refractivity contribution in [2.45, 2.75) is 0 Å². The summed E-state index contributed by atoms with van der Waals surface area (Å²) in [7, 11) is 0. The van der Waals surface area contributed by atoms with Gasteiger partial charge in [0.2, 0.25) is 0 Å². The van der Waals surface area contributed by atoms with Crippen molar-refractivity contribution in [2.75, 3.05) is 0 Å². The van der Waals surface area contributed by atoms with Gasteiger partial charge in [0, 0.05) is 6.07 Å². The quantitative estimate of drug-likeness (QED) is 0.456. The molecule has 1 aromatic rings. The van der Waals surface area contributed by atoms with Crippen LogP contribution in [0.2, 0.25) is 0 Å². The maximum absolute atomic E-state index is 11.8. The number of halogens is 1. The molecule has 0 aromatic heterocycles. The van der Waals surface area contributed by atoms with Crippen molar-refractivity contribution in [2.24, 2.45) is 0 Å². The summed E-state index contributed by atoms with van der Waals surface area (Å²) in [5.41, 5.74) is 0. The first-order valence-electron chi connectivity index (χ1n) is 1.93. The van der Waals surface area contributed by atoms with Crippen LogP contribution in [0.5, 0.6) is 0 Å². The van der Waals surface area contributed by atoms with Gasteiger partial charge in [0.15, 0.2) is 0 Å². The van der Waals surface area contributed by atoms with E-state index in [1.807, 2.05) is 0 Å². The lowest BCUT2D eigenvalue weighted by Gasteiger charge is -1.76. The summed E-state index contributed by atoms with van der Waals surface area (Å²) in [6.45, 7) is 0. The summed E-state index contributed by atoms with van der Waals surface area (Å²) in [6.07, 6.45) is 0. The van der Waals surface area contributed by atoms with E-state index in [-0.39, 0.29) is 5.82 Å². The fourth-order valence-corrected chi connectivity index (χ4v) is 0.328. The van der Waals surface area contributed by atoms with E-state index in [4.69, 9.17) is 0 Å². The summed E-state index contributed by atoms with van der Waals surface area (Å²) in [6, 6.07) is 9.17. The average molecular weight is 94.1 g/mol. The standard InChI is InChI=1S/C6H3F/c7-6-4-2-1-3-5-6/h2-4H. The number of rotatable bonds is 0. The fraction of sp³-hybridized carbons (Fsp3) is 0. The molecule has 0 saturated carbocycles. The molecule has 1 aromatic carbocycles. The Morgan fingerprint density at radius 3 is 2.71 bits per heavy atom. The normalized spacial score (nSPS) is 8.71. The Kier molecular flexibility index (Phi) is 1.07. The average Bonchev–Trinajstić information content (AvgIpc) is 1.69. The van der Waals surface area contributed by atoms with Crippen molar-refractivity contribution in [1.82, 2.24) is 0 Å². The number of hydrogen-bond donors (Lipinski definition) is 0. The topological polar surface area (TPSA) is 0 Å².